The first-order valence-electron chi connectivity index (χ1n) is 7.02. The van der Waals surface area contributed by atoms with Crippen LogP contribution in [0, 0.1) is 5.41 Å². The van der Waals surface area contributed by atoms with Crippen molar-refractivity contribution in [3.8, 4) is 0 Å². The largest absolute Gasteiger partial charge is 0.481 e. The summed E-state index contributed by atoms with van der Waals surface area (Å²) in [6, 6.07) is 1.80. The summed E-state index contributed by atoms with van der Waals surface area (Å²) in [7, 11) is 1.70. The van der Waals surface area contributed by atoms with Crippen molar-refractivity contribution < 1.29 is 19.1 Å². The minimum Gasteiger partial charge on any atom is -0.481 e. The summed E-state index contributed by atoms with van der Waals surface area (Å²) in [6.45, 7) is 0.449. The zero-order valence-corrected chi connectivity index (χ0v) is 11.8. The summed E-state index contributed by atoms with van der Waals surface area (Å²) in [5, 5.41) is 9.49. The highest BCUT2D eigenvalue weighted by Crippen LogP contribution is 2.40. The molecule has 0 radical (unpaired) electrons. The second kappa shape index (κ2) is 6.11. The van der Waals surface area contributed by atoms with Crippen molar-refractivity contribution in [3.05, 3.63) is 24.2 Å². The molecule has 0 saturated heterocycles. The van der Waals surface area contributed by atoms with Gasteiger partial charge in [-0.2, -0.15) is 0 Å². The summed E-state index contributed by atoms with van der Waals surface area (Å²) in [6.07, 6.45) is 7.31. The van der Waals surface area contributed by atoms with E-state index in [1.54, 1.807) is 30.5 Å². The van der Waals surface area contributed by atoms with E-state index < -0.39 is 11.4 Å². The van der Waals surface area contributed by atoms with E-state index in [1.165, 1.54) is 0 Å². The third kappa shape index (κ3) is 3.21. The molecule has 1 heterocycles. The van der Waals surface area contributed by atoms with Crippen molar-refractivity contribution in [2.24, 2.45) is 5.41 Å². The van der Waals surface area contributed by atoms with Crippen molar-refractivity contribution in [1.82, 2.24) is 4.90 Å². The third-order valence-corrected chi connectivity index (χ3v) is 4.18. The molecule has 0 aliphatic heterocycles. The normalized spacial score (nSPS) is 17.6. The lowest BCUT2D eigenvalue weighted by Gasteiger charge is -2.33. The molecule has 0 atom stereocenters. The topological polar surface area (TPSA) is 70.8 Å². The summed E-state index contributed by atoms with van der Waals surface area (Å²) in [4.78, 5) is 25.4. The van der Waals surface area contributed by atoms with Crippen molar-refractivity contribution >= 4 is 11.9 Å². The molecule has 0 aromatic carbocycles. The number of nitrogens with zero attached hydrogens (tertiary/aromatic N) is 1. The van der Waals surface area contributed by atoms with E-state index in [1.807, 2.05) is 0 Å². The lowest BCUT2D eigenvalue weighted by molar-refractivity contribution is -0.155. The Morgan fingerprint density at radius 1 is 1.35 bits per heavy atom. The average molecular weight is 279 g/mol. The number of aliphatic carboxylic acids is 1. The molecule has 5 nitrogen and oxygen atoms in total. The number of carbonyl (C=O) groups is 2. The molecular formula is C15H21NO4. The fourth-order valence-corrected chi connectivity index (χ4v) is 2.86. The fraction of sp³-hybridized carbons (Fsp3) is 0.600. The molecule has 1 aliphatic carbocycles. The molecule has 1 saturated carbocycles. The molecule has 1 amide bonds. The van der Waals surface area contributed by atoms with Crippen LogP contribution >= 0.6 is 0 Å². The highest BCUT2D eigenvalue weighted by molar-refractivity contribution is 5.85. The van der Waals surface area contributed by atoms with E-state index in [-0.39, 0.29) is 12.3 Å². The first-order chi connectivity index (χ1) is 9.53. The molecule has 0 unspecified atom stereocenters. The first kappa shape index (κ1) is 14.6. The van der Waals surface area contributed by atoms with Crippen molar-refractivity contribution in [1.29, 1.82) is 0 Å². The van der Waals surface area contributed by atoms with Gasteiger partial charge < -0.3 is 14.4 Å². The van der Waals surface area contributed by atoms with Gasteiger partial charge in [0.25, 0.3) is 0 Å². The second-order valence-electron chi connectivity index (χ2n) is 5.70. The molecule has 110 valence electrons. The Hall–Kier alpha value is -1.78. The van der Waals surface area contributed by atoms with E-state index in [0.29, 0.717) is 19.4 Å². The molecule has 1 fully saturated rings. The Morgan fingerprint density at radius 3 is 2.60 bits per heavy atom. The summed E-state index contributed by atoms with van der Waals surface area (Å²) >= 11 is 0. The van der Waals surface area contributed by atoms with Crippen LogP contribution in [0.2, 0.25) is 0 Å². The van der Waals surface area contributed by atoms with Gasteiger partial charge >= 0.3 is 5.97 Å². The van der Waals surface area contributed by atoms with Gasteiger partial charge in [0, 0.05) is 25.6 Å². The van der Waals surface area contributed by atoms with Crippen LogP contribution in [-0.4, -0.2) is 28.9 Å². The van der Waals surface area contributed by atoms with Gasteiger partial charge in [-0.15, -0.1) is 0 Å². The van der Waals surface area contributed by atoms with Gasteiger partial charge in [0.2, 0.25) is 5.91 Å². The zero-order chi connectivity index (χ0) is 14.6. The Labute approximate surface area is 118 Å². The van der Waals surface area contributed by atoms with Crippen LogP contribution in [0.4, 0.5) is 0 Å². The number of carboxylic acids is 1. The van der Waals surface area contributed by atoms with Gasteiger partial charge in [0.1, 0.15) is 0 Å². The first-order valence-corrected chi connectivity index (χ1v) is 7.02. The van der Waals surface area contributed by atoms with Crippen LogP contribution in [0.15, 0.2) is 23.0 Å². The predicted molar refractivity (Wildman–Crippen MR) is 73.0 cm³/mol. The fourth-order valence-electron chi connectivity index (χ4n) is 2.86. The maximum Gasteiger partial charge on any atom is 0.310 e. The van der Waals surface area contributed by atoms with Gasteiger partial charge in [-0.25, -0.2) is 0 Å². The van der Waals surface area contributed by atoms with E-state index in [0.717, 1.165) is 24.8 Å². The standard InChI is InChI=1S/C15H21NO4/c1-16(10-12-5-8-20-11-12)13(17)9-15(14(18)19)6-3-2-4-7-15/h5,8,11H,2-4,6-7,9-10H2,1H3,(H,18,19). The van der Waals surface area contributed by atoms with E-state index in [9.17, 15) is 14.7 Å². The Bertz CT molecular complexity index is 460. The second-order valence-corrected chi connectivity index (χ2v) is 5.70. The van der Waals surface area contributed by atoms with Crippen LogP contribution < -0.4 is 0 Å². The minimum absolute atomic E-state index is 0.0939. The van der Waals surface area contributed by atoms with Gasteiger partial charge in [-0.3, -0.25) is 9.59 Å². The number of hydrogen-bond acceptors (Lipinski definition) is 3. The Kier molecular flexibility index (Phi) is 4.47. The zero-order valence-electron chi connectivity index (χ0n) is 11.8. The number of rotatable bonds is 5. The maximum absolute atomic E-state index is 12.3. The number of amides is 1. The van der Waals surface area contributed by atoms with Crippen LogP contribution in [0.1, 0.15) is 44.1 Å². The molecule has 2 rings (SSSR count). The smallest absolute Gasteiger partial charge is 0.310 e. The monoisotopic (exact) mass is 279 g/mol. The Morgan fingerprint density at radius 2 is 2.05 bits per heavy atom. The predicted octanol–water partition coefficient (Wildman–Crippen LogP) is 2.66. The summed E-state index contributed by atoms with van der Waals surface area (Å²) in [5.74, 6) is -0.947. The summed E-state index contributed by atoms with van der Waals surface area (Å²) in [5.41, 5.74) is 0.0499. The van der Waals surface area contributed by atoms with Gasteiger partial charge in [-0.05, 0) is 18.9 Å². The maximum atomic E-state index is 12.3. The third-order valence-electron chi connectivity index (χ3n) is 4.18. The molecule has 1 aromatic heterocycles. The van der Waals surface area contributed by atoms with Crippen molar-refractivity contribution in [2.75, 3.05) is 7.05 Å². The molecule has 20 heavy (non-hydrogen) atoms. The number of furan rings is 1. The van der Waals surface area contributed by atoms with Crippen LogP contribution in [-0.2, 0) is 16.1 Å². The minimum atomic E-state index is -0.861. The number of hydrogen-bond donors (Lipinski definition) is 1. The molecular weight excluding hydrogens is 258 g/mol. The quantitative estimate of drug-likeness (QED) is 0.899. The lowest BCUT2D eigenvalue weighted by Crippen LogP contribution is -2.39. The average Bonchev–Trinajstić information content (AvgIpc) is 2.92. The van der Waals surface area contributed by atoms with Crippen LogP contribution in [0.5, 0.6) is 0 Å². The van der Waals surface area contributed by atoms with E-state index in [2.05, 4.69) is 0 Å². The van der Waals surface area contributed by atoms with Crippen molar-refractivity contribution in [3.63, 3.8) is 0 Å². The lowest BCUT2D eigenvalue weighted by atomic mass is 9.71. The van der Waals surface area contributed by atoms with E-state index in [4.69, 9.17) is 4.42 Å². The van der Waals surface area contributed by atoms with Gasteiger partial charge in [0.05, 0.1) is 17.9 Å². The number of carbonyl (C=O) groups excluding carboxylic acids is 1. The SMILES string of the molecule is CN(Cc1ccoc1)C(=O)CC1(C(=O)O)CCCCC1. The van der Waals surface area contributed by atoms with Crippen LogP contribution in [0.3, 0.4) is 0 Å². The number of carboxylic acid groups (broad SMARTS) is 1. The van der Waals surface area contributed by atoms with Gasteiger partial charge in [0.15, 0.2) is 0 Å². The van der Waals surface area contributed by atoms with Crippen molar-refractivity contribution in [2.45, 2.75) is 45.1 Å². The molecule has 1 aliphatic rings. The molecule has 5 heteroatoms. The Balaban J connectivity index is 1.99. The van der Waals surface area contributed by atoms with Gasteiger partial charge in [-0.1, -0.05) is 19.3 Å². The highest BCUT2D eigenvalue weighted by atomic mass is 16.4. The summed E-state index contributed by atoms with van der Waals surface area (Å²) < 4.78 is 4.97. The highest BCUT2D eigenvalue weighted by Gasteiger charge is 2.41. The van der Waals surface area contributed by atoms with E-state index >= 15 is 0 Å². The molecule has 1 aromatic rings. The molecule has 1 N–H and O–H groups in total. The molecule has 0 spiro atoms. The molecule has 0 bridgehead atoms. The van der Waals surface area contributed by atoms with Crippen LogP contribution in [0.25, 0.3) is 0 Å².